The van der Waals surface area contributed by atoms with Crippen molar-refractivity contribution in [2.75, 3.05) is 0 Å². The Morgan fingerprint density at radius 3 is 0.773 bits per heavy atom. The maximum Gasteiger partial charge on any atom is 0.528 e. The fraction of sp³-hybridized carbons (Fsp3) is 0.667. The Morgan fingerprint density at radius 2 is 0.727 bits per heavy atom. The molecule has 128 valence electrons. The van der Waals surface area contributed by atoms with Gasteiger partial charge in [-0.1, -0.05) is 51.4 Å². The second-order valence-corrected chi connectivity index (χ2v) is 4.10. The van der Waals surface area contributed by atoms with E-state index in [0.717, 1.165) is 0 Å². The van der Waals surface area contributed by atoms with Gasteiger partial charge in [-0.3, -0.25) is 0 Å². The van der Waals surface area contributed by atoms with Crippen LogP contribution in [-0.4, -0.2) is 45.0 Å². The van der Waals surface area contributed by atoms with Crippen molar-refractivity contribution in [2.24, 2.45) is 0 Å². The van der Waals surface area contributed by atoms with Crippen LogP contribution in [0.1, 0.15) is 51.4 Å². The smallest absolute Gasteiger partial charge is 0.450 e. The number of hydrogen-bond acceptors (Lipinski definition) is 6. The summed E-state index contributed by atoms with van der Waals surface area (Å²) in [5, 5.41) is 27.9. The number of cyclic esters (lactones) is 4. The third-order valence-electron chi connectivity index (χ3n) is 2.33. The maximum absolute atomic E-state index is 9.44. The van der Waals surface area contributed by atoms with Crippen LogP contribution < -0.4 is 0 Å². The zero-order valence-corrected chi connectivity index (χ0v) is 11.9. The molecule has 2 aliphatic rings. The van der Waals surface area contributed by atoms with Gasteiger partial charge in [-0.05, 0) is 0 Å². The van der Waals surface area contributed by atoms with E-state index in [1.165, 1.54) is 51.4 Å². The lowest BCUT2D eigenvalue weighted by atomic mass is 10.0. The first-order valence-corrected chi connectivity index (χ1v) is 6.53. The van der Waals surface area contributed by atoms with Gasteiger partial charge in [0, 0.05) is 0 Å². The molecular weight excluding hydrogens is 304 g/mol. The first kappa shape index (κ1) is 21.8. The molecular formula is C12H20O10. The highest BCUT2D eigenvalue weighted by molar-refractivity contribution is 5.93. The van der Waals surface area contributed by atoms with Gasteiger partial charge in [0.25, 0.3) is 0 Å². The Kier molecular flexibility index (Phi) is 14.7. The molecule has 0 atom stereocenters. The number of rotatable bonds is 0. The van der Waals surface area contributed by atoms with E-state index in [-0.39, 0.29) is 0 Å². The summed E-state index contributed by atoms with van der Waals surface area (Å²) in [6.07, 6.45) is 6.50. The van der Waals surface area contributed by atoms with Crippen LogP contribution in [0.2, 0.25) is 0 Å². The highest BCUT2D eigenvalue weighted by atomic mass is 16.9. The molecule has 1 aliphatic heterocycles. The molecule has 1 heterocycles. The number of carboxylic acid groups (broad SMARTS) is 4. The summed E-state index contributed by atoms with van der Waals surface area (Å²) in [4.78, 5) is 36.0. The second-order valence-electron chi connectivity index (χ2n) is 4.10. The largest absolute Gasteiger partial charge is 0.528 e. The van der Waals surface area contributed by atoms with Crippen molar-refractivity contribution in [3.8, 4) is 0 Å². The zero-order valence-electron chi connectivity index (χ0n) is 11.9. The Balaban J connectivity index is 0. The highest BCUT2D eigenvalue weighted by Crippen LogP contribution is 2.15. The van der Waals surface area contributed by atoms with Gasteiger partial charge in [-0.2, -0.15) is 0 Å². The minimum absolute atomic E-state index is 0.917. The molecule has 1 saturated heterocycles. The van der Waals surface area contributed by atoms with Crippen LogP contribution in [0.3, 0.4) is 0 Å². The van der Waals surface area contributed by atoms with Crippen LogP contribution in [0.15, 0.2) is 0 Å². The molecule has 2 rings (SSSR count). The Bertz CT molecular complexity index is 286. The lowest BCUT2D eigenvalue weighted by Crippen LogP contribution is -2.27. The summed E-state index contributed by atoms with van der Waals surface area (Å²) in [7, 11) is 0. The van der Waals surface area contributed by atoms with Crippen LogP contribution in [0.25, 0.3) is 0 Å². The number of carbonyl (C=O) groups excluding carboxylic acids is 2. The van der Waals surface area contributed by atoms with Crippen molar-refractivity contribution in [3.05, 3.63) is 0 Å². The van der Waals surface area contributed by atoms with E-state index in [4.69, 9.17) is 30.0 Å². The van der Waals surface area contributed by atoms with E-state index in [1.54, 1.807) is 0 Å². The molecule has 0 bridgehead atoms. The normalized spacial score (nSPS) is 15.8. The SMILES string of the molecule is C1CCCCCCC1.O=C(O)O.O=C(O)O.O=C1OC(=O)O1. The Labute approximate surface area is 126 Å². The monoisotopic (exact) mass is 324 g/mol. The van der Waals surface area contributed by atoms with Crippen LogP contribution in [0, 0.1) is 0 Å². The van der Waals surface area contributed by atoms with E-state index >= 15 is 0 Å². The van der Waals surface area contributed by atoms with Gasteiger partial charge in [0.05, 0.1) is 0 Å². The summed E-state index contributed by atoms with van der Waals surface area (Å²) < 4.78 is 7.28. The highest BCUT2D eigenvalue weighted by Gasteiger charge is 2.27. The zero-order chi connectivity index (χ0) is 17.4. The van der Waals surface area contributed by atoms with Gasteiger partial charge in [0.15, 0.2) is 0 Å². The molecule has 22 heavy (non-hydrogen) atoms. The molecule has 0 radical (unpaired) electrons. The standard InChI is InChI=1S/C8H16.C2O4.2CH2O3/c1-2-4-6-8-7-5-3-1;3-1-5-2(4)6-1;2*2-1(3)4/h1-8H2;;2*(H2,2,3,4). The van der Waals surface area contributed by atoms with E-state index in [0.29, 0.717) is 0 Å². The second kappa shape index (κ2) is 14.9. The van der Waals surface area contributed by atoms with Gasteiger partial charge in [0.1, 0.15) is 0 Å². The maximum atomic E-state index is 9.44. The molecule has 0 amide bonds. The number of ether oxygens (including phenoxy) is 2. The first-order valence-electron chi connectivity index (χ1n) is 6.53. The number of hydrogen-bond donors (Lipinski definition) is 4. The van der Waals surface area contributed by atoms with Crippen molar-refractivity contribution in [1.82, 2.24) is 0 Å². The third kappa shape index (κ3) is 26.1. The predicted molar refractivity (Wildman–Crippen MR) is 71.2 cm³/mol. The Morgan fingerprint density at radius 1 is 0.591 bits per heavy atom. The molecule has 4 N–H and O–H groups in total. The van der Waals surface area contributed by atoms with Crippen molar-refractivity contribution in [1.29, 1.82) is 0 Å². The van der Waals surface area contributed by atoms with Crippen molar-refractivity contribution < 1.29 is 49.1 Å². The molecule has 1 aliphatic carbocycles. The molecule has 10 heteroatoms. The van der Waals surface area contributed by atoms with Crippen molar-refractivity contribution >= 4 is 24.6 Å². The molecule has 0 unspecified atom stereocenters. The summed E-state index contributed by atoms with van der Waals surface area (Å²) in [5.41, 5.74) is 0. The van der Waals surface area contributed by atoms with Gasteiger partial charge in [-0.25, -0.2) is 19.2 Å². The van der Waals surface area contributed by atoms with E-state index < -0.39 is 24.6 Å². The van der Waals surface area contributed by atoms with Gasteiger partial charge in [0.2, 0.25) is 0 Å². The number of carbonyl (C=O) groups is 4. The lowest BCUT2D eigenvalue weighted by Gasteiger charge is -2.05. The van der Waals surface area contributed by atoms with E-state index in [1.807, 2.05) is 0 Å². The van der Waals surface area contributed by atoms with E-state index in [9.17, 15) is 9.59 Å². The molecule has 0 aromatic heterocycles. The summed E-state index contributed by atoms with van der Waals surface area (Å²) in [6.45, 7) is 0. The molecule has 10 nitrogen and oxygen atoms in total. The molecule has 0 spiro atoms. The molecule has 0 aromatic carbocycles. The average molecular weight is 324 g/mol. The van der Waals surface area contributed by atoms with Crippen molar-refractivity contribution in [2.45, 2.75) is 51.4 Å². The average Bonchev–Trinajstić information content (AvgIpc) is 2.25. The van der Waals surface area contributed by atoms with Gasteiger partial charge >= 0.3 is 24.6 Å². The van der Waals surface area contributed by atoms with Crippen molar-refractivity contribution in [3.63, 3.8) is 0 Å². The fourth-order valence-corrected chi connectivity index (χ4v) is 1.56. The van der Waals surface area contributed by atoms with Crippen LogP contribution in [-0.2, 0) is 9.47 Å². The predicted octanol–water partition coefficient (Wildman–Crippen LogP) is 3.84. The molecule has 2 fully saturated rings. The topological polar surface area (TPSA) is 168 Å². The summed E-state index contributed by atoms with van der Waals surface area (Å²) in [6, 6.07) is 0. The lowest BCUT2D eigenvalue weighted by molar-refractivity contribution is 0.00673. The van der Waals surface area contributed by atoms with Gasteiger partial charge in [-0.15, -0.1) is 0 Å². The molecule has 0 aromatic rings. The summed E-state index contributed by atoms with van der Waals surface area (Å²) in [5.74, 6) is 0. The van der Waals surface area contributed by atoms with E-state index in [2.05, 4.69) is 9.47 Å². The molecule has 1 saturated carbocycles. The minimum atomic E-state index is -1.83. The van der Waals surface area contributed by atoms with Crippen LogP contribution >= 0.6 is 0 Å². The van der Waals surface area contributed by atoms with Gasteiger partial charge < -0.3 is 29.9 Å². The third-order valence-corrected chi connectivity index (χ3v) is 2.33. The fourth-order valence-electron chi connectivity index (χ4n) is 1.56. The quantitative estimate of drug-likeness (QED) is 0.379. The minimum Gasteiger partial charge on any atom is -0.450 e. The van der Waals surface area contributed by atoms with Crippen LogP contribution in [0.4, 0.5) is 19.2 Å². The Hall–Kier alpha value is -2.52. The summed E-state index contributed by atoms with van der Waals surface area (Å²) >= 11 is 0. The van der Waals surface area contributed by atoms with Crippen LogP contribution in [0.5, 0.6) is 0 Å². The first-order chi connectivity index (χ1) is 10.3.